The van der Waals surface area contributed by atoms with Gasteiger partial charge in [0.2, 0.25) is 0 Å². The van der Waals surface area contributed by atoms with Crippen LogP contribution in [0.15, 0.2) is 18.2 Å². The van der Waals surface area contributed by atoms with Crippen molar-refractivity contribution in [3.05, 3.63) is 29.8 Å². The van der Waals surface area contributed by atoms with Gasteiger partial charge in [-0.15, -0.1) is 0 Å². The first-order valence-corrected chi connectivity index (χ1v) is 4.01. The first-order valence-electron chi connectivity index (χ1n) is 4.01. The van der Waals surface area contributed by atoms with Crippen molar-refractivity contribution in [1.29, 1.82) is 0 Å². The summed E-state index contributed by atoms with van der Waals surface area (Å²) < 4.78 is 9.80. The standard InChI is InChI=1S/C10H11O3/c1-3-13-10(11)8-6-4-5-7-9(8)12-2/h4-5,7H,3H2,1-2H3. The Morgan fingerprint density at radius 2 is 2.38 bits per heavy atom. The summed E-state index contributed by atoms with van der Waals surface area (Å²) in [4.78, 5) is 11.3. The zero-order chi connectivity index (χ0) is 9.68. The average molecular weight is 179 g/mol. The minimum Gasteiger partial charge on any atom is -0.496 e. The van der Waals surface area contributed by atoms with Gasteiger partial charge in [-0.25, -0.2) is 4.79 Å². The van der Waals surface area contributed by atoms with Crippen molar-refractivity contribution >= 4 is 5.97 Å². The molecule has 69 valence electrons. The number of ether oxygens (including phenoxy) is 2. The maximum absolute atomic E-state index is 11.3. The van der Waals surface area contributed by atoms with E-state index in [1.807, 2.05) is 0 Å². The molecule has 0 N–H and O–H groups in total. The lowest BCUT2D eigenvalue weighted by Gasteiger charge is -2.05. The summed E-state index contributed by atoms with van der Waals surface area (Å²) in [6, 6.07) is 7.87. The molecule has 3 nitrogen and oxygen atoms in total. The van der Waals surface area contributed by atoms with Crippen LogP contribution in [0, 0.1) is 6.07 Å². The van der Waals surface area contributed by atoms with E-state index in [-0.39, 0.29) is 0 Å². The summed E-state index contributed by atoms with van der Waals surface area (Å²) in [5.41, 5.74) is 0.340. The SMILES string of the molecule is CCOC(=O)c1[c]cccc1OC. The van der Waals surface area contributed by atoms with Gasteiger partial charge in [0.1, 0.15) is 11.3 Å². The van der Waals surface area contributed by atoms with E-state index in [1.165, 1.54) is 7.11 Å². The molecule has 0 aliphatic rings. The molecule has 3 heteroatoms. The summed E-state index contributed by atoms with van der Waals surface area (Å²) >= 11 is 0. The molecule has 1 radical (unpaired) electrons. The second-order valence-electron chi connectivity index (χ2n) is 2.33. The highest BCUT2D eigenvalue weighted by molar-refractivity contribution is 5.92. The Morgan fingerprint density at radius 1 is 1.62 bits per heavy atom. The van der Waals surface area contributed by atoms with Gasteiger partial charge in [0, 0.05) is 6.07 Å². The molecule has 0 spiro atoms. The molecule has 0 fully saturated rings. The Labute approximate surface area is 77.3 Å². The predicted octanol–water partition coefficient (Wildman–Crippen LogP) is 1.67. The van der Waals surface area contributed by atoms with Gasteiger partial charge in [0.25, 0.3) is 0 Å². The molecule has 0 heterocycles. The number of rotatable bonds is 3. The largest absolute Gasteiger partial charge is 0.496 e. The summed E-state index contributed by atoms with van der Waals surface area (Å²) in [6.07, 6.45) is 0. The fourth-order valence-corrected chi connectivity index (χ4v) is 0.954. The Kier molecular flexibility index (Phi) is 3.31. The van der Waals surface area contributed by atoms with E-state index in [0.29, 0.717) is 17.9 Å². The lowest BCUT2D eigenvalue weighted by atomic mass is 10.2. The molecule has 0 amide bonds. The molecule has 1 rings (SSSR count). The minimum absolute atomic E-state index is 0.340. The predicted molar refractivity (Wildman–Crippen MR) is 47.8 cm³/mol. The molecule has 0 saturated carbocycles. The lowest BCUT2D eigenvalue weighted by molar-refractivity contribution is 0.0522. The van der Waals surface area contributed by atoms with Crippen molar-refractivity contribution in [3.8, 4) is 5.75 Å². The number of hydrogen-bond donors (Lipinski definition) is 0. The number of carbonyl (C=O) groups is 1. The maximum atomic E-state index is 11.3. The first kappa shape index (κ1) is 9.58. The van der Waals surface area contributed by atoms with Gasteiger partial charge in [-0.1, -0.05) is 12.1 Å². The van der Waals surface area contributed by atoms with Crippen LogP contribution in [0.3, 0.4) is 0 Å². The molecule has 0 aromatic heterocycles. The van der Waals surface area contributed by atoms with Crippen molar-refractivity contribution in [2.45, 2.75) is 6.92 Å². The zero-order valence-corrected chi connectivity index (χ0v) is 7.66. The van der Waals surface area contributed by atoms with Crippen LogP contribution in [-0.4, -0.2) is 19.7 Å². The fraction of sp³-hybridized carbons (Fsp3) is 0.300. The van der Waals surface area contributed by atoms with E-state index in [9.17, 15) is 4.79 Å². The van der Waals surface area contributed by atoms with Crippen molar-refractivity contribution in [2.75, 3.05) is 13.7 Å². The lowest BCUT2D eigenvalue weighted by Crippen LogP contribution is -2.06. The van der Waals surface area contributed by atoms with E-state index in [0.717, 1.165) is 0 Å². The van der Waals surface area contributed by atoms with E-state index in [2.05, 4.69) is 6.07 Å². The third-order valence-electron chi connectivity index (χ3n) is 1.52. The molecular weight excluding hydrogens is 168 g/mol. The van der Waals surface area contributed by atoms with Crippen molar-refractivity contribution in [1.82, 2.24) is 0 Å². The van der Waals surface area contributed by atoms with E-state index >= 15 is 0 Å². The Bertz CT molecular complexity index is 294. The molecule has 0 aliphatic heterocycles. The van der Waals surface area contributed by atoms with Gasteiger partial charge in [-0.3, -0.25) is 0 Å². The van der Waals surface area contributed by atoms with Crippen LogP contribution in [0.2, 0.25) is 0 Å². The van der Waals surface area contributed by atoms with E-state index in [1.54, 1.807) is 25.1 Å². The van der Waals surface area contributed by atoms with Crippen molar-refractivity contribution in [3.63, 3.8) is 0 Å². The van der Waals surface area contributed by atoms with Crippen LogP contribution in [0.25, 0.3) is 0 Å². The average Bonchev–Trinajstić information content (AvgIpc) is 2.18. The van der Waals surface area contributed by atoms with Crippen LogP contribution in [-0.2, 0) is 4.74 Å². The highest BCUT2D eigenvalue weighted by Gasteiger charge is 2.11. The van der Waals surface area contributed by atoms with E-state index < -0.39 is 5.97 Å². The quantitative estimate of drug-likeness (QED) is 0.662. The van der Waals surface area contributed by atoms with Crippen LogP contribution in [0.1, 0.15) is 17.3 Å². The second-order valence-corrected chi connectivity index (χ2v) is 2.33. The number of benzene rings is 1. The first-order chi connectivity index (χ1) is 6.29. The Balaban J connectivity index is 2.92. The molecule has 13 heavy (non-hydrogen) atoms. The second kappa shape index (κ2) is 4.50. The molecule has 0 atom stereocenters. The summed E-state index contributed by atoms with van der Waals surface area (Å²) in [7, 11) is 1.51. The van der Waals surface area contributed by atoms with Gasteiger partial charge in [-0.2, -0.15) is 0 Å². The Hall–Kier alpha value is -1.51. The fourth-order valence-electron chi connectivity index (χ4n) is 0.954. The highest BCUT2D eigenvalue weighted by Crippen LogP contribution is 2.17. The molecule has 0 unspecified atom stereocenters. The van der Waals surface area contributed by atoms with Crippen LogP contribution in [0.5, 0.6) is 5.75 Å². The monoisotopic (exact) mass is 179 g/mol. The summed E-state index contributed by atoms with van der Waals surface area (Å²) in [6.45, 7) is 2.11. The molecule has 0 saturated heterocycles. The Morgan fingerprint density at radius 3 is 3.00 bits per heavy atom. The third-order valence-corrected chi connectivity index (χ3v) is 1.52. The number of hydrogen-bond acceptors (Lipinski definition) is 3. The molecular formula is C10H11O3. The number of esters is 1. The minimum atomic E-state index is -0.403. The van der Waals surface area contributed by atoms with Crippen LogP contribution >= 0.6 is 0 Å². The topological polar surface area (TPSA) is 35.5 Å². The maximum Gasteiger partial charge on any atom is 0.342 e. The van der Waals surface area contributed by atoms with Crippen LogP contribution < -0.4 is 4.74 Å². The van der Waals surface area contributed by atoms with Gasteiger partial charge in [-0.05, 0) is 13.0 Å². The molecule has 1 aromatic rings. The zero-order valence-electron chi connectivity index (χ0n) is 7.66. The van der Waals surface area contributed by atoms with E-state index in [4.69, 9.17) is 9.47 Å². The van der Waals surface area contributed by atoms with Crippen molar-refractivity contribution < 1.29 is 14.3 Å². The summed E-state index contributed by atoms with van der Waals surface area (Å²) in [5, 5.41) is 0. The number of methoxy groups -OCH3 is 1. The van der Waals surface area contributed by atoms with Gasteiger partial charge < -0.3 is 9.47 Å². The van der Waals surface area contributed by atoms with Gasteiger partial charge in [0.15, 0.2) is 0 Å². The summed E-state index contributed by atoms with van der Waals surface area (Å²) in [5.74, 6) is 0.0842. The van der Waals surface area contributed by atoms with Gasteiger partial charge >= 0.3 is 5.97 Å². The highest BCUT2D eigenvalue weighted by atomic mass is 16.5. The molecule has 0 aliphatic carbocycles. The van der Waals surface area contributed by atoms with Crippen LogP contribution in [0.4, 0.5) is 0 Å². The number of carbonyl (C=O) groups excluding carboxylic acids is 1. The van der Waals surface area contributed by atoms with Crippen molar-refractivity contribution in [2.24, 2.45) is 0 Å². The smallest absolute Gasteiger partial charge is 0.342 e. The molecule has 1 aromatic carbocycles. The molecule has 0 bridgehead atoms. The third kappa shape index (κ3) is 2.21. The van der Waals surface area contributed by atoms with Gasteiger partial charge in [0.05, 0.1) is 13.7 Å². The normalized spacial score (nSPS) is 9.38.